The Morgan fingerprint density at radius 3 is 2.16 bits per heavy atom. The number of allylic oxidation sites excluding steroid dienone is 2. The minimum Gasteiger partial charge on any atom is -0.519 e. The molecule has 0 heterocycles. The summed E-state index contributed by atoms with van der Waals surface area (Å²) in [4.78, 5) is 11.2. The van der Waals surface area contributed by atoms with Crippen molar-refractivity contribution in [2.24, 2.45) is 0 Å². The van der Waals surface area contributed by atoms with E-state index in [4.69, 9.17) is 13.6 Å². The molecule has 0 aliphatic carbocycles. The minimum atomic E-state index is -2.28. The molecule has 0 aromatic heterocycles. The van der Waals surface area contributed by atoms with Crippen LogP contribution in [0.5, 0.6) is 0 Å². The number of hydrogen-bond acceptors (Lipinski definition) is 4. The Labute approximate surface area is 117 Å². The Balaban J connectivity index is 4.18. The molecule has 0 atom stereocenters. The van der Waals surface area contributed by atoms with Gasteiger partial charge in [-0.25, -0.2) is 4.79 Å². The van der Waals surface area contributed by atoms with Crippen LogP contribution in [0, 0.1) is 0 Å². The molecular formula is C14H24O4Si. The number of hydrogen-bond donors (Lipinski definition) is 0. The molecule has 0 spiro atoms. The number of carbonyl (C=O) groups excluding carboxylic acids is 1. The zero-order chi connectivity index (χ0) is 14.7. The van der Waals surface area contributed by atoms with Crippen LogP contribution < -0.4 is 0 Å². The van der Waals surface area contributed by atoms with Crippen molar-refractivity contribution < 1.29 is 18.4 Å². The van der Waals surface area contributed by atoms with Crippen molar-refractivity contribution in [1.29, 1.82) is 0 Å². The summed E-state index contributed by atoms with van der Waals surface area (Å²) in [5, 5.41) is 0. The van der Waals surface area contributed by atoms with E-state index in [1.54, 1.807) is 19.4 Å². The van der Waals surface area contributed by atoms with Gasteiger partial charge in [-0.2, -0.15) is 0 Å². The average molecular weight is 284 g/mol. The van der Waals surface area contributed by atoms with Crippen molar-refractivity contribution in [1.82, 2.24) is 0 Å². The van der Waals surface area contributed by atoms with Crippen molar-refractivity contribution in [2.45, 2.75) is 39.8 Å². The highest BCUT2D eigenvalue weighted by atomic mass is 28.4. The molecule has 108 valence electrons. The second kappa shape index (κ2) is 9.44. The van der Waals surface area contributed by atoms with Crippen LogP contribution in [0.1, 0.15) is 27.2 Å². The van der Waals surface area contributed by atoms with Gasteiger partial charge in [0.1, 0.15) is 0 Å². The Morgan fingerprint density at radius 1 is 1.21 bits per heavy atom. The van der Waals surface area contributed by atoms with Crippen molar-refractivity contribution >= 4 is 14.5 Å². The smallest absolute Gasteiger partial charge is 0.456 e. The van der Waals surface area contributed by atoms with E-state index in [1.165, 1.54) is 0 Å². The Morgan fingerprint density at radius 2 is 1.74 bits per heavy atom. The van der Waals surface area contributed by atoms with E-state index in [-0.39, 0.29) is 5.97 Å². The molecule has 0 aromatic rings. The summed E-state index contributed by atoms with van der Waals surface area (Å²) in [5.41, 5.74) is 0.412. The Hall–Kier alpha value is -1.49. The third-order valence-corrected chi connectivity index (χ3v) is 4.79. The van der Waals surface area contributed by atoms with Gasteiger partial charge in [0, 0.05) is 18.2 Å². The third-order valence-electron chi connectivity index (χ3n) is 2.26. The largest absolute Gasteiger partial charge is 0.519 e. The van der Waals surface area contributed by atoms with Crippen LogP contribution in [0.3, 0.4) is 0 Å². The first kappa shape index (κ1) is 17.5. The van der Waals surface area contributed by atoms with Gasteiger partial charge in [0.2, 0.25) is 0 Å². The maximum Gasteiger partial charge on any atom is 0.456 e. The summed E-state index contributed by atoms with van der Waals surface area (Å²) in [7, 11) is -2.28. The fourth-order valence-corrected chi connectivity index (χ4v) is 3.18. The molecule has 19 heavy (non-hydrogen) atoms. The molecule has 0 amide bonds. The van der Waals surface area contributed by atoms with Crippen molar-refractivity contribution in [2.75, 3.05) is 6.61 Å². The first-order valence-electron chi connectivity index (χ1n) is 6.36. The van der Waals surface area contributed by atoms with E-state index in [9.17, 15) is 4.79 Å². The molecule has 0 aliphatic heterocycles. The standard InChI is InChI=1S/C14H24O4Si/c1-6-9-17-19(5,18-10-7-2)12-8-11-16-14(15)13(3)4/h6-7,9-10H,3,8,11-12H2,1-2,4-5H3. The molecule has 0 rings (SSSR count). The van der Waals surface area contributed by atoms with Gasteiger partial charge in [-0.3, -0.25) is 0 Å². The second-order valence-corrected chi connectivity index (χ2v) is 7.57. The average Bonchev–Trinajstić information content (AvgIpc) is 2.39. The van der Waals surface area contributed by atoms with Gasteiger partial charge in [-0.1, -0.05) is 18.7 Å². The van der Waals surface area contributed by atoms with Crippen molar-refractivity contribution in [3.63, 3.8) is 0 Å². The SMILES string of the molecule is C=C(C)C(=O)OCCC[Si](C)(OC=CC)OC=CC. The second-order valence-electron chi connectivity index (χ2n) is 4.33. The zero-order valence-electron chi connectivity index (χ0n) is 12.3. The molecule has 0 aromatic carbocycles. The molecule has 0 saturated heterocycles. The van der Waals surface area contributed by atoms with Gasteiger partial charge >= 0.3 is 14.5 Å². The molecule has 0 radical (unpaired) electrons. The van der Waals surface area contributed by atoms with Crippen LogP contribution >= 0.6 is 0 Å². The van der Waals surface area contributed by atoms with Gasteiger partial charge in [-0.15, -0.1) is 0 Å². The monoisotopic (exact) mass is 284 g/mol. The first-order valence-corrected chi connectivity index (χ1v) is 8.88. The highest BCUT2D eigenvalue weighted by Crippen LogP contribution is 2.17. The van der Waals surface area contributed by atoms with Gasteiger partial charge in [-0.05, 0) is 27.2 Å². The Kier molecular flexibility index (Phi) is 8.70. The number of rotatable bonds is 9. The van der Waals surface area contributed by atoms with Crippen molar-refractivity contribution in [3.8, 4) is 0 Å². The molecule has 0 N–H and O–H groups in total. The summed E-state index contributed by atoms with van der Waals surface area (Å²) < 4.78 is 16.4. The van der Waals surface area contributed by atoms with Crippen LogP contribution in [-0.2, 0) is 18.4 Å². The normalized spacial score (nSPS) is 14.3. The quantitative estimate of drug-likeness (QED) is 0.213. The summed E-state index contributed by atoms with van der Waals surface area (Å²) in [6, 6.07) is 0.741. The van der Waals surface area contributed by atoms with Crippen molar-refractivity contribution in [3.05, 3.63) is 36.8 Å². The molecular weight excluding hydrogens is 260 g/mol. The van der Waals surface area contributed by atoms with Crippen LogP contribution in [0.2, 0.25) is 12.6 Å². The topological polar surface area (TPSA) is 44.8 Å². The van der Waals surface area contributed by atoms with Gasteiger partial charge in [0.05, 0.1) is 19.1 Å². The third kappa shape index (κ3) is 8.26. The molecule has 0 fully saturated rings. The van der Waals surface area contributed by atoms with E-state index in [1.807, 2.05) is 32.5 Å². The van der Waals surface area contributed by atoms with Gasteiger partial charge < -0.3 is 13.6 Å². The molecule has 0 aliphatic rings. The lowest BCUT2D eigenvalue weighted by atomic mass is 10.4. The van der Waals surface area contributed by atoms with E-state index < -0.39 is 8.56 Å². The molecule has 0 unspecified atom stereocenters. The predicted molar refractivity (Wildman–Crippen MR) is 78.6 cm³/mol. The van der Waals surface area contributed by atoms with E-state index in [0.29, 0.717) is 18.6 Å². The number of esters is 1. The van der Waals surface area contributed by atoms with E-state index >= 15 is 0 Å². The molecule has 5 heteroatoms. The highest BCUT2D eigenvalue weighted by Gasteiger charge is 2.33. The maximum atomic E-state index is 11.2. The van der Waals surface area contributed by atoms with Crippen LogP contribution in [0.15, 0.2) is 36.8 Å². The molecule has 0 bridgehead atoms. The van der Waals surface area contributed by atoms with Crippen LogP contribution in [-0.4, -0.2) is 21.1 Å². The summed E-state index contributed by atoms with van der Waals surface area (Å²) in [6.07, 6.45) is 7.65. The highest BCUT2D eigenvalue weighted by molar-refractivity contribution is 6.66. The summed E-state index contributed by atoms with van der Waals surface area (Å²) in [5.74, 6) is -0.355. The first-order chi connectivity index (χ1) is 8.95. The molecule has 0 saturated carbocycles. The number of ether oxygens (including phenoxy) is 1. The van der Waals surface area contributed by atoms with E-state index in [0.717, 1.165) is 6.04 Å². The van der Waals surface area contributed by atoms with Crippen LogP contribution in [0.25, 0.3) is 0 Å². The van der Waals surface area contributed by atoms with Crippen LogP contribution in [0.4, 0.5) is 0 Å². The zero-order valence-corrected chi connectivity index (χ0v) is 13.3. The Bertz CT molecular complexity index is 333. The van der Waals surface area contributed by atoms with Gasteiger partial charge in [0.25, 0.3) is 0 Å². The van der Waals surface area contributed by atoms with Gasteiger partial charge in [0.15, 0.2) is 0 Å². The predicted octanol–water partition coefficient (Wildman–Crippen LogP) is 3.67. The lowest BCUT2D eigenvalue weighted by molar-refractivity contribution is -0.138. The number of carbonyl (C=O) groups is 1. The lowest BCUT2D eigenvalue weighted by Gasteiger charge is -2.24. The lowest BCUT2D eigenvalue weighted by Crippen LogP contribution is -2.35. The fraction of sp³-hybridized carbons (Fsp3) is 0.500. The summed E-state index contributed by atoms with van der Waals surface area (Å²) >= 11 is 0. The maximum absolute atomic E-state index is 11.2. The van der Waals surface area contributed by atoms with E-state index in [2.05, 4.69) is 6.58 Å². The fourth-order valence-electron chi connectivity index (χ4n) is 1.25. The molecule has 4 nitrogen and oxygen atoms in total. The summed E-state index contributed by atoms with van der Waals surface area (Å²) in [6.45, 7) is 11.3. The minimum absolute atomic E-state index is 0.354.